The molecular formula is C28H29N3O6. The third kappa shape index (κ3) is 5.42. The highest BCUT2D eigenvalue weighted by molar-refractivity contribution is 6.04. The van der Waals surface area contributed by atoms with Gasteiger partial charge in [0, 0.05) is 41.7 Å². The molecule has 3 N–H and O–H groups in total. The molecule has 2 aromatic carbocycles. The maximum atomic E-state index is 12.7. The number of nitrogens with zero attached hydrogens (tertiary/aromatic N) is 1. The molecule has 2 aliphatic heterocycles. The lowest BCUT2D eigenvalue weighted by atomic mass is 9.84. The number of hydrogen-bond acceptors (Lipinski definition) is 7. The summed E-state index contributed by atoms with van der Waals surface area (Å²) in [5.74, 6) is 0.919. The monoisotopic (exact) mass is 503 g/mol. The lowest BCUT2D eigenvalue weighted by Crippen LogP contribution is -2.47. The van der Waals surface area contributed by atoms with E-state index in [1.807, 2.05) is 36.4 Å². The van der Waals surface area contributed by atoms with E-state index in [1.165, 1.54) is 6.20 Å². The van der Waals surface area contributed by atoms with Crippen LogP contribution >= 0.6 is 0 Å². The maximum absolute atomic E-state index is 12.7. The first kappa shape index (κ1) is 24.7. The number of anilines is 1. The second kappa shape index (κ2) is 11.0. The summed E-state index contributed by atoms with van der Waals surface area (Å²) in [6.07, 6.45) is 2.51. The quantitative estimate of drug-likeness (QED) is 0.432. The average Bonchev–Trinajstić information content (AvgIpc) is 3.30. The molecule has 1 aromatic heterocycles. The predicted molar refractivity (Wildman–Crippen MR) is 136 cm³/mol. The zero-order valence-corrected chi connectivity index (χ0v) is 20.4. The number of ether oxygens (including phenoxy) is 3. The molecule has 1 saturated heterocycles. The molecule has 1 fully saturated rings. The second-order valence-corrected chi connectivity index (χ2v) is 9.14. The number of pyridine rings is 1. The standard InChI is InChI=1S/C28H29N3O6/c1-35-23-7-3-2-5-17(23)15-30-26(33)13-20-12-22-21-11-19(31-28(34)18-6-4-10-29-14-18)8-9-24(21)37-27(22)25(16-32)36-20/h2-11,14,20,22,25,27,32H,12-13,15-16H2,1H3,(H,30,33)(H,31,34)/t20-,22+,25+,27-/m0/s1. The smallest absolute Gasteiger partial charge is 0.257 e. The number of fused-ring (bicyclic) bond motifs is 3. The van der Waals surface area contributed by atoms with Gasteiger partial charge >= 0.3 is 0 Å². The van der Waals surface area contributed by atoms with Crippen molar-refractivity contribution >= 4 is 17.5 Å². The Morgan fingerprint density at radius 2 is 2.03 bits per heavy atom. The van der Waals surface area contributed by atoms with Crippen LogP contribution in [0.4, 0.5) is 5.69 Å². The molecule has 0 radical (unpaired) electrons. The summed E-state index contributed by atoms with van der Waals surface area (Å²) in [6.45, 7) is 0.121. The van der Waals surface area contributed by atoms with Crippen molar-refractivity contribution in [3.05, 3.63) is 83.7 Å². The molecule has 3 heterocycles. The van der Waals surface area contributed by atoms with Crippen LogP contribution in [0, 0.1) is 0 Å². The molecule has 0 spiro atoms. The summed E-state index contributed by atoms with van der Waals surface area (Å²) in [7, 11) is 1.60. The molecule has 2 aliphatic rings. The molecule has 2 amide bonds. The highest BCUT2D eigenvalue weighted by Crippen LogP contribution is 2.47. The normalized spacial score (nSPS) is 21.8. The van der Waals surface area contributed by atoms with Crippen molar-refractivity contribution in [2.45, 2.75) is 43.6 Å². The van der Waals surface area contributed by atoms with E-state index in [0.29, 0.717) is 35.7 Å². The largest absolute Gasteiger partial charge is 0.496 e. The van der Waals surface area contributed by atoms with Crippen molar-refractivity contribution in [2.24, 2.45) is 0 Å². The van der Waals surface area contributed by atoms with E-state index in [-0.39, 0.29) is 43.0 Å². The van der Waals surface area contributed by atoms with E-state index in [9.17, 15) is 14.7 Å². The zero-order chi connectivity index (χ0) is 25.8. The lowest BCUT2D eigenvalue weighted by molar-refractivity contribution is -0.142. The van der Waals surface area contributed by atoms with Crippen LogP contribution in [-0.4, -0.2) is 53.9 Å². The molecule has 0 unspecified atom stereocenters. The first-order chi connectivity index (χ1) is 18.1. The van der Waals surface area contributed by atoms with Gasteiger partial charge in [-0.2, -0.15) is 0 Å². The SMILES string of the molecule is COc1ccccc1CNC(=O)C[C@@H]1C[C@@H]2c3cc(NC(=O)c4cccnc4)ccc3O[C@@H]2[C@@H](CO)O1. The van der Waals surface area contributed by atoms with Gasteiger partial charge < -0.3 is 30.0 Å². The molecule has 0 bridgehead atoms. The van der Waals surface area contributed by atoms with Gasteiger partial charge in [0.1, 0.15) is 23.7 Å². The fraction of sp³-hybridized carbons (Fsp3) is 0.321. The van der Waals surface area contributed by atoms with Crippen molar-refractivity contribution in [3.63, 3.8) is 0 Å². The maximum Gasteiger partial charge on any atom is 0.257 e. The zero-order valence-electron chi connectivity index (χ0n) is 20.4. The summed E-state index contributed by atoms with van der Waals surface area (Å²) in [5.41, 5.74) is 2.91. The number of nitrogens with one attached hydrogen (secondary N) is 2. The van der Waals surface area contributed by atoms with Crippen molar-refractivity contribution < 1.29 is 28.9 Å². The van der Waals surface area contributed by atoms with Crippen molar-refractivity contribution in [3.8, 4) is 11.5 Å². The fourth-order valence-corrected chi connectivity index (χ4v) is 4.99. The number of rotatable bonds is 8. The van der Waals surface area contributed by atoms with E-state index in [2.05, 4.69) is 15.6 Å². The summed E-state index contributed by atoms with van der Waals surface area (Å²) >= 11 is 0. The van der Waals surface area contributed by atoms with Crippen LogP contribution in [0.15, 0.2) is 67.0 Å². The van der Waals surface area contributed by atoms with E-state index >= 15 is 0 Å². The second-order valence-electron chi connectivity index (χ2n) is 9.14. The number of benzene rings is 2. The summed E-state index contributed by atoms with van der Waals surface area (Å²) < 4.78 is 17.5. The summed E-state index contributed by atoms with van der Waals surface area (Å²) in [5, 5.41) is 15.8. The van der Waals surface area contributed by atoms with E-state index in [1.54, 1.807) is 31.5 Å². The van der Waals surface area contributed by atoms with E-state index < -0.39 is 6.10 Å². The van der Waals surface area contributed by atoms with Crippen LogP contribution in [0.2, 0.25) is 0 Å². The number of hydrogen-bond donors (Lipinski definition) is 3. The molecular weight excluding hydrogens is 474 g/mol. The number of methoxy groups -OCH3 is 1. The Morgan fingerprint density at radius 1 is 1.16 bits per heavy atom. The van der Waals surface area contributed by atoms with Crippen LogP contribution in [0.25, 0.3) is 0 Å². The first-order valence-corrected chi connectivity index (χ1v) is 12.2. The van der Waals surface area contributed by atoms with Crippen LogP contribution < -0.4 is 20.1 Å². The third-order valence-electron chi connectivity index (χ3n) is 6.76. The van der Waals surface area contributed by atoms with Gasteiger partial charge in [-0.1, -0.05) is 18.2 Å². The Bertz CT molecular complexity index is 1270. The number of carbonyl (C=O) groups excluding carboxylic acids is 2. The molecule has 4 atom stereocenters. The molecule has 0 saturated carbocycles. The van der Waals surface area contributed by atoms with Gasteiger partial charge in [-0.05, 0) is 42.8 Å². The van der Waals surface area contributed by atoms with Gasteiger partial charge in [0.2, 0.25) is 5.91 Å². The highest BCUT2D eigenvalue weighted by atomic mass is 16.6. The van der Waals surface area contributed by atoms with Gasteiger partial charge in [-0.15, -0.1) is 0 Å². The minimum absolute atomic E-state index is 0.0804. The van der Waals surface area contributed by atoms with E-state index in [0.717, 1.165) is 11.1 Å². The molecule has 9 nitrogen and oxygen atoms in total. The molecule has 192 valence electrons. The molecule has 9 heteroatoms. The number of aromatic nitrogens is 1. The minimum atomic E-state index is -0.563. The lowest BCUT2D eigenvalue weighted by Gasteiger charge is -2.37. The van der Waals surface area contributed by atoms with Gasteiger partial charge in [-0.3, -0.25) is 14.6 Å². The number of aliphatic hydroxyl groups is 1. The average molecular weight is 504 g/mol. The highest BCUT2D eigenvalue weighted by Gasteiger charge is 2.46. The number of para-hydroxylation sites is 1. The molecule has 0 aliphatic carbocycles. The van der Waals surface area contributed by atoms with Gasteiger partial charge in [0.05, 0.1) is 31.8 Å². The van der Waals surface area contributed by atoms with Crippen LogP contribution in [0.1, 0.15) is 40.2 Å². The number of aliphatic hydroxyl groups excluding tert-OH is 1. The fourth-order valence-electron chi connectivity index (χ4n) is 4.99. The Morgan fingerprint density at radius 3 is 2.81 bits per heavy atom. The van der Waals surface area contributed by atoms with Crippen LogP contribution in [-0.2, 0) is 16.1 Å². The molecule has 37 heavy (non-hydrogen) atoms. The van der Waals surface area contributed by atoms with Crippen molar-refractivity contribution in [1.82, 2.24) is 10.3 Å². The first-order valence-electron chi connectivity index (χ1n) is 12.2. The number of carbonyl (C=O) groups is 2. The molecule has 5 rings (SSSR count). The van der Waals surface area contributed by atoms with Crippen LogP contribution in [0.5, 0.6) is 11.5 Å². The Kier molecular flexibility index (Phi) is 7.34. The van der Waals surface area contributed by atoms with Crippen LogP contribution in [0.3, 0.4) is 0 Å². The van der Waals surface area contributed by atoms with Crippen molar-refractivity contribution in [2.75, 3.05) is 19.0 Å². The third-order valence-corrected chi connectivity index (χ3v) is 6.76. The number of amides is 2. The topological polar surface area (TPSA) is 119 Å². The van der Waals surface area contributed by atoms with Gasteiger partial charge in [-0.25, -0.2) is 0 Å². The molecule has 3 aromatic rings. The van der Waals surface area contributed by atoms with Gasteiger partial charge in [0.15, 0.2) is 0 Å². The van der Waals surface area contributed by atoms with Crippen molar-refractivity contribution in [1.29, 1.82) is 0 Å². The Labute approximate surface area is 214 Å². The summed E-state index contributed by atoms with van der Waals surface area (Å²) in [4.78, 5) is 29.3. The summed E-state index contributed by atoms with van der Waals surface area (Å²) in [6, 6.07) is 16.4. The minimum Gasteiger partial charge on any atom is -0.496 e. The van der Waals surface area contributed by atoms with Gasteiger partial charge in [0.25, 0.3) is 5.91 Å². The Balaban J connectivity index is 1.26. The van der Waals surface area contributed by atoms with E-state index in [4.69, 9.17) is 14.2 Å². The Hall–Kier alpha value is -3.95. The predicted octanol–water partition coefficient (Wildman–Crippen LogP) is 3.04.